The molecule has 0 saturated carbocycles. The van der Waals surface area contributed by atoms with Crippen molar-refractivity contribution in [2.45, 2.75) is 44.6 Å². The topological polar surface area (TPSA) is 35.6 Å². The van der Waals surface area contributed by atoms with Gasteiger partial charge in [-0.15, -0.1) is 0 Å². The SMILES string of the molecule is O=C(CCN1CCN2CCC[C@H]2C1)Nc1ccc2c(c1)CCC2. The second-order valence-corrected chi connectivity index (χ2v) is 7.27. The molecule has 4 nitrogen and oxygen atoms in total. The molecule has 1 aromatic rings. The maximum atomic E-state index is 12.2. The van der Waals surface area contributed by atoms with Crippen LogP contribution >= 0.6 is 0 Å². The number of carbonyl (C=O) groups excluding carboxylic acids is 1. The summed E-state index contributed by atoms with van der Waals surface area (Å²) in [5, 5.41) is 3.08. The van der Waals surface area contributed by atoms with E-state index >= 15 is 0 Å². The summed E-state index contributed by atoms with van der Waals surface area (Å²) >= 11 is 0. The van der Waals surface area contributed by atoms with E-state index in [1.54, 1.807) is 0 Å². The van der Waals surface area contributed by atoms with E-state index in [2.05, 4.69) is 33.3 Å². The van der Waals surface area contributed by atoms with Crippen molar-refractivity contribution >= 4 is 11.6 Å². The summed E-state index contributed by atoms with van der Waals surface area (Å²) in [7, 11) is 0. The minimum Gasteiger partial charge on any atom is -0.326 e. The molecule has 0 spiro atoms. The van der Waals surface area contributed by atoms with Crippen LogP contribution in [-0.2, 0) is 17.6 Å². The number of nitrogens with one attached hydrogen (secondary N) is 1. The quantitative estimate of drug-likeness (QED) is 0.926. The van der Waals surface area contributed by atoms with Crippen LogP contribution in [-0.4, -0.2) is 54.5 Å². The zero-order chi connectivity index (χ0) is 15.6. The van der Waals surface area contributed by atoms with E-state index in [0.29, 0.717) is 6.42 Å². The lowest BCUT2D eigenvalue weighted by molar-refractivity contribution is -0.116. The third-order valence-electron chi connectivity index (χ3n) is 5.71. The molecule has 1 atom stereocenters. The van der Waals surface area contributed by atoms with Gasteiger partial charge in [-0.3, -0.25) is 14.6 Å². The third kappa shape index (κ3) is 3.43. The highest BCUT2D eigenvalue weighted by atomic mass is 16.1. The van der Waals surface area contributed by atoms with Gasteiger partial charge in [0.2, 0.25) is 5.91 Å². The second-order valence-electron chi connectivity index (χ2n) is 7.27. The van der Waals surface area contributed by atoms with Crippen molar-refractivity contribution in [3.8, 4) is 0 Å². The van der Waals surface area contributed by atoms with Gasteiger partial charge in [0, 0.05) is 44.3 Å². The van der Waals surface area contributed by atoms with Gasteiger partial charge in [0.1, 0.15) is 0 Å². The van der Waals surface area contributed by atoms with Gasteiger partial charge in [-0.05, 0) is 61.9 Å². The van der Waals surface area contributed by atoms with E-state index in [4.69, 9.17) is 0 Å². The molecule has 0 aromatic heterocycles. The number of hydrogen-bond acceptors (Lipinski definition) is 3. The molecule has 1 aromatic carbocycles. The van der Waals surface area contributed by atoms with Gasteiger partial charge in [0.05, 0.1) is 0 Å². The molecule has 2 heterocycles. The van der Waals surface area contributed by atoms with Gasteiger partial charge < -0.3 is 5.32 Å². The lowest BCUT2D eigenvalue weighted by Crippen LogP contribution is -2.50. The highest BCUT2D eigenvalue weighted by Gasteiger charge is 2.30. The third-order valence-corrected chi connectivity index (χ3v) is 5.71. The van der Waals surface area contributed by atoms with Crippen molar-refractivity contribution < 1.29 is 4.79 Å². The van der Waals surface area contributed by atoms with Crippen LogP contribution in [0.1, 0.15) is 36.8 Å². The number of amides is 1. The molecule has 0 unspecified atom stereocenters. The van der Waals surface area contributed by atoms with Gasteiger partial charge in [-0.25, -0.2) is 0 Å². The Balaban J connectivity index is 1.25. The Morgan fingerprint density at radius 2 is 2.04 bits per heavy atom. The van der Waals surface area contributed by atoms with E-state index in [9.17, 15) is 4.79 Å². The summed E-state index contributed by atoms with van der Waals surface area (Å²) in [6.45, 7) is 5.60. The minimum absolute atomic E-state index is 0.150. The molecule has 0 radical (unpaired) electrons. The molecule has 2 saturated heterocycles. The molecule has 4 rings (SSSR count). The molecule has 23 heavy (non-hydrogen) atoms. The van der Waals surface area contributed by atoms with Gasteiger partial charge in [0.15, 0.2) is 0 Å². The Morgan fingerprint density at radius 1 is 1.13 bits per heavy atom. The number of carbonyl (C=O) groups is 1. The number of fused-ring (bicyclic) bond motifs is 2. The van der Waals surface area contributed by atoms with E-state index < -0.39 is 0 Å². The second kappa shape index (κ2) is 6.62. The van der Waals surface area contributed by atoms with E-state index in [1.807, 2.05) is 0 Å². The summed E-state index contributed by atoms with van der Waals surface area (Å²) in [5.74, 6) is 0.150. The molecule has 1 amide bonds. The Bertz CT molecular complexity index is 586. The molecule has 1 N–H and O–H groups in total. The monoisotopic (exact) mass is 313 g/mol. The number of hydrogen-bond donors (Lipinski definition) is 1. The Morgan fingerprint density at radius 3 is 3.00 bits per heavy atom. The first-order valence-corrected chi connectivity index (χ1v) is 9.16. The summed E-state index contributed by atoms with van der Waals surface area (Å²) in [6, 6.07) is 7.14. The summed E-state index contributed by atoms with van der Waals surface area (Å²) in [4.78, 5) is 17.3. The minimum atomic E-state index is 0.150. The first kappa shape index (κ1) is 15.2. The predicted molar refractivity (Wildman–Crippen MR) is 92.7 cm³/mol. The zero-order valence-corrected chi connectivity index (χ0v) is 13.9. The molecule has 1 aliphatic carbocycles. The van der Waals surface area contributed by atoms with E-state index in [1.165, 1.54) is 49.9 Å². The van der Waals surface area contributed by atoms with E-state index in [-0.39, 0.29) is 5.91 Å². The molecular formula is C19H27N3O. The van der Waals surface area contributed by atoms with Gasteiger partial charge >= 0.3 is 0 Å². The largest absolute Gasteiger partial charge is 0.326 e. The van der Waals surface area contributed by atoms with Crippen molar-refractivity contribution in [2.75, 3.05) is 38.0 Å². The van der Waals surface area contributed by atoms with Crippen molar-refractivity contribution in [3.63, 3.8) is 0 Å². The first-order valence-electron chi connectivity index (χ1n) is 9.16. The van der Waals surface area contributed by atoms with Crippen LogP contribution in [0, 0.1) is 0 Å². The van der Waals surface area contributed by atoms with Crippen LogP contribution in [0.25, 0.3) is 0 Å². The lowest BCUT2D eigenvalue weighted by Gasteiger charge is -2.37. The fourth-order valence-corrected chi connectivity index (χ4v) is 4.39. The lowest BCUT2D eigenvalue weighted by atomic mass is 10.1. The fourth-order valence-electron chi connectivity index (χ4n) is 4.39. The molecule has 0 bridgehead atoms. The molecule has 3 aliphatic rings. The number of rotatable bonds is 4. The maximum Gasteiger partial charge on any atom is 0.225 e. The summed E-state index contributed by atoms with van der Waals surface area (Å²) < 4.78 is 0. The number of nitrogens with zero attached hydrogens (tertiary/aromatic N) is 2. The Hall–Kier alpha value is -1.39. The summed E-state index contributed by atoms with van der Waals surface area (Å²) in [5.41, 5.74) is 3.84. The van der Waals surface area contributed by atoms with Crippen molar-refractivity contribution in [3.05, 3.63) is 29.3 Å². The average Bonchev–Trinajstić information content (AvgIpc) is 3.20. The van der Waals surface area contributed by atoms with Crippen LogP contribution < -0.4 is 5.32 Å². The predicted octanol–water partition coefficient (Wildman–Crippen LogP) is 2.28. The van der Waals surface area contributed by atoms with Crippen LogP contribution in [0.15, 0.2) is 18.2 Å². The zero-order valence-electron chi connectivity index (χ0n) is 13.9. The smallest absolute Gasteiger partial charge is 0.225 e. The van der Waals surface area contributed by atoms with Crippen molar-refractivity contribution in [1.82, 2.24) is 9.80 Å². The fraction of sp³-hybridized carbons (Fsp3) is 0.632. The normalized spacial score (nSPS) is 24.4. The van der Waals surface area contributed by atoms with Crippen LogP contribution in [0.5, 0.6) is 0 Å². The van der Waals surface area contributed by atoms with Crippen LogP contribution in [0.3, 0.4) is 0 Å². The number of piperazine rings is 1. The van der Waals surface area contributed by atoms with Crippen molar-refractivity contribution in [2.24, 2.45) is 0 Å². The number of anilines is 1. The van der Waals surface area contributed by atoms with Crippen LogP contribution in [0.4, 0.5) is 5.69 Å². The highest BCUT2D eigenvalue weighted by molar-refractivity contribution is 5.91. The Labute approximate surface area is 138 Å². The average molecular weight is 313 g/mol. The summed E-state index contributed by atoms with van der Waals surface area (Å²) in [6.07, 6.45) is 6.88. The Kier molecular flexibility index (Phi) is 4.36. The van der Waals surface area contributed by atoms with Crippen LogP contribution in [0.2, 0.25) is 0 Å². The highest BCUT2D eigenvalue weighted by Crippen LogP contribution is 2.25. The number of benzene rings is 1. The molecule has 124 valence electrons. The number of aryl methyl sites for hydroxylation is 2. The standard InChI is InChI=1S/C19H27N3O/c23-19(20-17-7-6-15-3-1-4-16(15)13-17)8-10-21-11-12-22-9-2-5-18(22)14-21/h6-7,13,18H,1-5,8-12,14H2,(H,20,23)/t18-/m0/s1. The molecular weight excluding hydrogens is 286 g/mol. The first-order chi connectivity index (χ1) is 11.3. The van der Waals surface area contributed by atoms with Gasteiger partial charge in [0.25, 0.3) is 0 Å². The molecule has 4 heteroatoms. The molecule has 2 aliphatic heterocycles. The van der Waals surface area contributed by atoms with Crippen molar-refractivity contribution in [1.29, 1.82) is 0 Å². The maximum absolute atomic E-state index is 12.2. The van der Waals surface area contributed by atoms with E-state index in [0.717, 1.165) is 37.8 Å². The van der Waals surface area contributed by atoms with Gasteiger partial charge in [-0.1, -0.05) is 6.07 Å². The molecule has 2 fully saturated rings. The van der Waals surface area contributed by atoms with Gasteiger partial charge in [-0.2, -0.15) is 0 Å².